The van der Waals surface area contributed by atoms with Gasteiger partial charge in [-0.15, -0.1) is 45.3 Å². The highest BCUT2D eigenvalue weighted by atomic mass is 79.9. The minimum absolute atomic E-state index is 0.0182. The number of phenolic OH excluding ortho intramolecular Hbond substituents is 1. The second-order valence-electron chi connectivity index (χ2n) is 22.8. The topological polar surface area (TPSA) is 214 Å². The fourth-order valence-corrected chi connectivity index (χ4v) is 17.0. The number of nitrogens with two attached hydrogens (primary N) is 2. The van der Waals surface area contributed by atoms with Gasteiger partial charge in [0.05, 0.1) is 91.3 Å². The zero-order valence-corrected chi connectivity index (χ0v) is 64.1. The van der Waals surface area contributed by atoms with Crippen molar-refractivity contribution in [3.63, 3.8) is 0 Å². The van der Waals surface area contributed by atoms with Crippen LogP contribution in [0.15, 0.2) is 143 Å². The van der Waals surface area contributed by atoms with Crippen LogP contribution in [0.1, 0.15) is 78.6 Å². The fraction of sp³-hybridized carbons (Fsp3) is 0.275. The number of amides is 2. The largest absolute Gasteiger partial charge is 0.506 e. The van der Waals surface area contributed by atoms with E-state index in [0.717, 1.165) is 104 Å². The zero-order valence-electron chi connectivity index (χ0n) is 52.8. The highest BCUT2D eigenvalue weighted by Gasteiger charge is 2.37. The molecule has 2 fully saturated rings. The first-order valence-electron chi connectivity index (χ1n) is 29.7. The number of phenols is 1. The summed E-state index contributed by atoms with van der Waals surface area (Å²) in [5.41, 5.74) is 31.3. The third kappa shape index (κ3) is 19.3. The first-order chi connectivity index (χ1) is 44.9. The van der Waals surface area contributed by atoms with Crippen molar-refractivity contribution in [1.82, 2.24) is 35.1 Å². The number of hydrogen-bond acceptors (Lipinski definition) is 18. The van der Waals surface area contributed by atoms with Gasteiger partial charge in [-0.25, -0.2) is 24.9 Å². The van der Waals surface area contributed by atoms with Gasteiger partial charge in [0, 0.05) is 62.1 Å². The molecule has 2 amide bonds. The number of thiazole rings is 5. The Balaban J connectivity index is 0.000000139. The summed E-state index contributed by atoms with van der Waals surface area (Å²) in [5.74, 6) is 3.53. The van der Waals surface area contributed by atoms with E-state index >= 15 is 0 Å². The van der Waals surface area contributed by atoms with Crippen LogP contribution in [0.2, 0.25) is 0 Å². The number of hydrogen-bond donors (Lipinski definition) is 4. The Morgan fingerprint density at radius 3 is 1.71 bits per heavy atom. The number of rotatable bonds is 11. The smallest absolute Gasteiger partial charge is 0.223 e. The standard InChI is InChI=1S/C22H23BrN2O3S.C14H16N2O2S.C9H10BrNS.C8H7BrN2S.C8H6BrNS.C8H7NOS/c1-13(15-4-6-18(27-3)7-5-15)25-11-16(8-21(25)26)14(2)28-20-10-17(23)9-19-22(20)29-12-24-19;1-8-3-11-14(19-7-16-11)12(4-8)18-9(2)10-5-13(17)15-6-10;1-6-2-7(5-9(11)12)4-8(10)3-6;1-4-2-5(9)7-6(3-4)11-8(10)12-7;1-5-2-6(9)8-7(3-5)10-4-11-8;1-5-2-6-8(7(10)3-5)11-4-9-6/h4-7,9-10,12-14,16H,8,11H2,1-3H3;3-4,7,9-10H,5-6H2,1-2H3,(H,15,17);2-4H,5H2,1H3,(H2,11,12);2-3H,1H3,(H2,10,11);2-4H,1H3;2-4,10H,1H3/t13-,14-,16-;9-,10-;;;;/m11..../s1. The number of fused-ring (bicyclic) bond motifs is 5. The van der Waals surface area contributed by atoms with Crippen molar-refractivity contribution < 1.29 is 28.9 Å². The molecule has 0 radical (unpaired) electrons. The number of halogens is 4. The second kappa shape index (κ2) is 33.1. The van der Waals surface area contributed by atoms with E-state index in [2.05, 4.69) is 144 Å². The summed E-state index contributed by atoms with van der Waals surface area (Å²) in [4.78, 5) is 47.7. The van der Waals surface area contributed by atoms with Gasteiger partial charge < -0.3 is 41.0 Å². The monoisotopic (exact) mass is 1630 g/mol. The Morgan fingerprint density at radius 2 is 1.13 bits per heavy atom. The number of thiocarbonyl (C=S) groups is 1. The van der Waals surface area contributed by atoms with E-state index in [1.54, 1.807) is 52.7 Å². The Kier molecular flexibility index (Phi) is 25.4. The number of ether oxygens (including phenoxy) is 3. The van der Waals surface area contributed by atoms with Crippen molar-refractivity contribution in [1.29, 1.82) is 0 Å². The van der Waals surface area contributed by atoms with Crippen molar-refractivity contribution in [2.75, 3.05) is 25.9 Å². The first-order valence-corrected chi connectivity index (χ1v) is 37.6. The van der Waals surface area contributed by atoms with Crippen molar-refractivity contribution in [3.8, 4) is 23.0 Å². The van der Waals surface area contributed by atoms with Crippen LogP contribution in [0.25, 0.3) is 51.1 Å². The van der Waals surface area contributed by atoms with Crippen molar-refractivity contribution >= 4 is 206 Å². The van der Waals surface area contributed by atoms with Crippen LogP contribution in [-0.2, 0) is 16.0 Å². The van der Waals surface area contributed by atoms with Gasteiger partial charge >= 0.3 is 0 Å². The maximum Gasteiger partial charge on any atom is 0.223 e. The van der Waals surface area contributed by atoms with E-state index in [-0.39, 0.29) is 41.9 Å². The number of aryl methyl sites for hydroxylation is 5. The quantitative estimate of drug-likeness (QED) is 0.0887. The molecule has 0 bridgehead atoms. The molecule has 15 nitrogen and oxygen atoms in total. The normalized spacial score (nSPS) is 15.1. The third-order valence-electron chi connectivity index (χ3n) is 15.3. The molecule has 6 N–H and O–H groups in total. The van der Waals surface area contributed by atoms with Crippen molar-refractivity contribution in [2.24, 2.45) is 17.6 Å². The number of carbonyl (C=O) groups is 2. The summed E-state index contributed by atoms with van der Waals surface area (Å²) in [6.07, 6.45) is 1.67. The lowest BCUT2D eigenvalue weighted by Crippen LogP contribution is -2.31. The number of aromatic hydroxyl groups is 1. The maximum atomic E-state index is 12.7. The molecule has 7 heterocycles. The summed E-state index contributed by atoms with van der Waals surface area (Å²) in [6.45, 7) is 17.7. The van der Waals surface area contributed by atoms with Crippen LogP contribution >= 0.6 is 133 Å². The van der Waals surface area contributed by atoms with Gasteiger partial charge in [-0.1, -0.05) is 73.6 Å². The molecule has 5 atom stereocenters. The molecule has 14 rings (SSSR count). The molecule has 2 aliphatic rings. The van der Waals surface area contributed by atoms with E-state index in [0.29, 0.717) is 48.2 Å². The minimum atomic E-state index is -0.0772. The van der Waals surface area contributed by atoms with Gasteiger partial charge in [0.15, 0.2) is 5.13 Å². The van der Waals surface area contributed by atoms with Crippen LogP contribution in [0.4, 0.5) is 5.13 Å². The molecule has 2 saturated heterocycles. The highest BCUT2D eigenvalue weighted by Crippen LogP contribution is 2.38. The number of carbonyl (C=O) groups excluding carboxylic acids is 2. The predicted molar refractivity (Wildman–Crippen MR) is 408 cm³/mol. The van der Waals surface area contributed by atoms with E-state index < -0.39 is 0 Å². The molecular weight excluding hydrogens is 1560 g/mol. The molecule has 0 unspecified atom stereocenters. The van der Waals surface area contributed by atoms with Gasteiger partial charge in [0.2, 0.25) is 11.8 Å². The van der Waals surface area contributed by atoms with E-state index in [1.165, 1.54) is 44.1 Å². The summed E-state index contributed by atoms with van der Waals surface area (Å²) < 4.78 is 27.2. The van der Waals surface area contributed by atoms with Gasteiger partial charge in [-0.2, -0.15) is 0 Å². The molecule has 7 aromatic carbocycles. The summed E-state index contributed by atoms with van der Waals surface area (Å²) in [6, 6.07) is 34.2. The van der Waals surface area contributed by atoms with Gasteiger partial charge in [-0.3, -0.25) is 9.59 Å². The lowest BCUT2D eigenvalue weighted by atomic mass is 10.0. The SMILES string of the molecule is COc1ccc([C@@H](C)N2C[C@H]([C@@H](C)Oc3cc(Br)cc4ncsc34)CC2=O)cc1.Cc1cc(Br)c2sc(N)nc2c1.Cc1cc(Br)c2scnc2c1.Cc1cc(Br)cc(CC(N)=S)c1.Cc1cc(O)c2scnc2c1.Cc1cc(O[C@H](C)[C@H]2CNC(=O)C2)c2scnc2c1. The Morgan fingerprint density at radius 1 is 0.628 bits per heavy atom. The number of methoxy groups -OCH3 is 1. The predicted octanol–water partition coefficient (Wildman–Crippen LogP) is 19.2. The number of nitrogen functional groups attached to an aromatic ring is 1. The van der Waals surface area contributed by atoms with Crippen LogP contribution in [0.5, 0.6) is 23.0 Å². The fourth-order valence-electron chi connectivity index (χ4n) is 10.6. The molecule has 490 valence electrons. The van der Waals surface area contributed by atoms with Crippen LogP contribution < -0.4 is 31.0 Å². The Bertz CT molecular complexity index is 4540. The van der Waals surface area contributed by atoms with E-state index in [9.17, 15) is 14.7 Å². The third-order valence-corrected chi connectivity index (χ3v) is 22.5. The van der Waals surface area contributed by atoms with Crippen molar-refractivity contribution in [2.45, 2.75) is 92.9 Å². The summed E-state index contributed by atoms with van der Waals surface area (Å²) in [5, 5.41) is 12.9. The number of benzene rings is 7. The Hall–Kier alpha value is -6.26. The molecule has 12 aromatic rings. The molecular formula is C69H69Br4N9O6S6. The summed E-state index contributed by atoms with van der Waals surface area (Å²) >= 11 is 26.5. The van der Waals surface area contributed by atoms with Gasteiger partial charge in [0.1, 0.15) is 35.2 Å². The average Bonchev–Trinajstić information content (AvgIpc) is 1.67. The zero-order chi connectivity index (χ0) is 67.5. The number of aromatic nitrogens is 5. The second-order valence-corrected chi connectivity index (χ2v) is 31.3. The minimum Gasteiger partial charge on any atom is -0.506 e. The Labute approximate surface area is 605 Å². The first kappa shape index (κ1) is 72.0. The summed E-state index contributed by atoms with van der Waals surface area (Å²) in [7, 11) is 1.65. The average molecular weight is 1630 g/mol. The van der Waals surface area contributed by atoms with Crippen LogP contribution in [0.3, 0.4) is 0 Å². The lowest BCUT2D eigenvalue weighted by Gasteiger charge is -2.27. The number of anilines is 1. The molecule has 25 heteroatoms. The number of nitrogens with one attached hydrogen (secondary N) is 1. The van der Waals surface area contributed by atoms with Crippen LogP contribution in [-0.4, -0.2) is 84.1 Å². The molecule has 0 saturated carbocycles. The molecule has 94 heavy (non-hydrogen) atoms. The lowest BCUT2D eigenvalue weighted by molar-refractivity contribution is -0.129. The maximum absolute atomic E-state index is 12.7. The van der Waals surface area contributed by atoms with E-state index in [1.807, 2.05) is 124 Å². The number of nitrogens with zero attached hydrogens (tertiary/aromatic N) is 6. The van der Waals surface area contributed by atoms with Crippen molar-refractivity contribution in [3.05, 3.63) is 182 Å². The molecule has 0 spiro atoms. The van der Waals surface area contributed by atoms with Gasteiger partial charge in [-0.05, 0) is 211 Å². The van der Waals surface area contributed by atoms with Gasteiger partial charge in [0.25, 0.3) is 0 Å². The molecule has 0 aliphatic carbocycles. The van der Waals surface area contributed by atoms with E-state index in [4.69, 9.17) is 37.9 Å². The highest BCUT2D eigenvalue weighted by molar-refractivity contribution is 9.11. The molecule has 2 aliphatic heterocycles. The molecule has 5 aromatic heterocycles. The van der Waals surface area contributed by atoms with Crippen LogP contribution in [0, 0.1) is 46.5 Å². The number of likely N-dealkylation sites (tertiary alicyclic amines) is 1.